The topological polar surface area (TPSA) is 57.7 Å². The SMILES string of the molecule is Cc1cccc(C2CCCN2C(=O)CN(C)S(C)(=O)=O)c1C. The van der Waals surface area contributed by atoms with Gasteiger partial charge in [-0.3, -0.25) is 4.79 Å². The Morgan fingerprint density at radius 1 is 1.36 bits per heavy atom. The maximum Gasteiger partial charge on any atom is 0.238 e. The second-order valence-electron chi connectivity index (χ2n) is 6.05. The van der Waals surface area contributed by atoms with Gasteiger partial charge in [0.1, 0.15) is 0 Å². The van der Waals surface area contributed by atoms with E-state index in [0.717, 1.165) is 23.4 Å². The van der Waals surface area contributed by atoms with E-state index in [1.165, 1.54) is 23.7 Å². The van der Waals surface area contributed by atoms with Gasteiger partial charge < -0.3 is 4.90 Å². The van der Waals surface area contributed by atoms with Crippen molar-refractivity contribution in [1.29, 1.82) is 0 Å². The van der Waals surface area contributed by atoms with Crippen LogP contribution in [0.25, 0.3) is 0 Å². The third kappa shape index (κ3) is 3.50. The minimum atomic E-state index is -3.34. The number of nitrogens with zero attached hydrogens (tertiary/aromatic N) is 2. The summed E-state index contributed by atoms with van der Waals surface area (Å²) in [6, 6.07) is 6.21. The summed E-state index contributed by atoms with van der Waals surface area (Å²) in [5.74, 6) is -0.128. The second-order valence-corrected chi connectivity index (χ2v) is 8.14. The lowest BCUT2D eigenvalue weighted by Gasteiger charge is -2.28. The number of carbonyl (C=O) groups excluding carboxylic acids is 1. The number of benzene rings is 1. The molecular weight excluding hydrogens is 300 g/mol. The molecule has 5 nitrogen and oxygen atoms in total. The van der Waals surface area contributed by atoms with Gasteiger partial charge in [-0.15, -0.1) is 0 Å². The molecule has 1 heterocycles. The third-order valence-corrected chi connectivity index (χ3v) is 5.76. The van der Waals surface area contributed by atoms with Crippen molar-refractivity contribution in [2.24, 2.45) is 0 Å². The summed E-state index contributed by atoms with van der Waals surface area (Å²) in [5.41, 5.74) is 3.60. The van der Waals surface area contributed by atoms with Gasteiger partial charge in [0, 0.05) is 13.6 Å². The predicted octanol–water partition coefficient (Wildman–Crippen LogP) is 1.86. The molecule has 0 radical (unpaired) electrons. The Morgan fingerprint density at radius 3 is 2.68 bits per heavy atom. The monoisotopic (exact) mass is 324 g/mol. The van der Waals surface area contributed by atoms with Crippen LogP contribution in [-0.4, -0.2) is 49.9 Å². The van der Waals surface area contributed by atoms with Crippen molar-refractivity contribution in [3.8, 4) is 0 Å². The van der Waals surface area contributed by atoms with Crippen LogP contribution in [0, 0.1) is 13.8 Å². The van der Waals surface area contributed by atoms with Crippen molar-refractivity contribution in [3.63, 3.8) is 0 Å². The number of rotatable bonds is 4. The van der Waals surface area contributed by atoms with Gasteiger partial charge in [-0.1, -0.05) is 18.2 Å². The number of hydrogen-bond acceptors (Lipinski definition) is 3. The number of likely N-dealkylation sites (N-methyl/N-ethyl adjacent to an activating group) is 1. The van der Waals surface area contributed by atoms with Gasteiger partial charge in [0.2, 0.25) is 15.9 Å². The number of amides is 1. The molecule has 0 aromatic heterocycles. The minimum absolute atomic E-state index is 0.0559. The summed E-state index contributed by atoms with van der Waals surface area (Å²) in [5, 5.41) is 0. The molecule has 2 rings (SSSR count). The predicted molar refractivity (Wildman–Crippen MR) is 87.1 cm³/mol. The molecule has 1 aliphatic heterocycles. The van der Waals surface area contributed by atoms with Crippen molar-refractivity contribution < 1.29 is 13.2 Å². The molecule has 0 saturated carbocycles. The van der Waals surface area contributed by atoms with Crippen molar-refractivity contribution in [3.05, 3.63) is 34.9 Å². The molecule has 1 saturated heterocycles. The van der Waals surface area contributed by atoms with Gasteiger partial charge in [0.25, 0.3) is 0 Å². The fourth-order valence-corrected chi connectivity index (χ4v) is 3.27. The maximum absolute atomic E-state index is 12.5. The maximum atomic E-state index is 12.5. The molecule has 1 aromatic rings. The quantitative estimate of drug-likeness (QED) is 0.849. The molecule has 0 N–H and O–H groups in total. The molecule has 0 bridgehead atoms. The van der Waals surface area contributed by atoms with Crippen molar-refractivity contribution in [2.75, 3.05) is 26.4 Å². The van der Waals surface area contributed by atoms with Crippen molar-refractivity contribution >= 4 is 15.9 Å². The van der Waals surface area contributed by atoms with Gasteiger partial charge in [-0.25, -0.2) is 8.42 Å². The Balaban J connectivity index is 2.20. The van der Waals surface area contributed by atoms with Crippen LogP contribution in [0.2, 0.25) is 0 Å². The van der Waals surface area contributed by atoms with Crippen LogP contribution in [0.5, 0.6) is 0 Å². The van der Waals surface area contributed by atoms with Crippen molar-refractivity contribution in [2.45, 2.75) is 32.7 Å². The molecular formula is C16H24N2O3S. The van der Waals surface area contributed by atoms with E-state index in [9.17, 15) is 13.2 Å². The molecule has 1 amide bonds. The largest absolute Gasteiger partial charge is 0.335 e. The Kier molecular flexibility index (Phi) is 4.92. The summed E-state index contributed by atoms with van der Waals surface area (Å²) in [6.45, 7) is 4.74. The van der Waals surface area contributed by atoms with Crippen LogP contribution < -0.4 is 0 Å². The van der Waals surface area contributed by atoms with E-state index < -0.39 is 10.0 Å². The number of carbonyl (C=O) groups is 1. The van der Waals surface area contributed by atoms with Crippen LogP contribution in [0.15, 0.2) is 18.2 Å². The highest BCUT2D eigenvalue weighted by atomic mass is 32.2. The van der Waals surface area contributed by atoms with E-state index in [-0.39, 0.29) is 18.5 Å². The average Bonchev–Trinajstić information content (AvgIpc) is 2.90. The van der Waals surface area contributed by atoms with E-state index in [1.54, 1.807) is 0 Å². The summed E-state index contributed by atoms with van der Waals surface area (Å²) in [6.07, 6.45) is 3.00. The standard InChI is InChI=1S/C16H24N2O3S/c1-12-7-5-8-14(13(12)2)15-9-6-10-18(15)16(19)11-17(3)22(4,20)21/h5,7-8,15H,6,9-11H2,1-4H3. The zero-order chi connectivity index (χ0) is 16.5. The number of sulfonamides is 1. The fraction of sp³-hybridized carbons (Fsp3) is 0.562. The summed E-state index contributed by atoms with van der Waals surface area (Å²) in [4.78, 5) is 14.3. The lowest BCUT2D eigenvalue weighted by molar-refractivity contribution is -0.132. The molecule has 22 heavy (non-hydrogen) atoms. The zero-order valence-corrected chi connectivity index (χ0v) is 14.5. The summed E-state index contributed by atoms with van der Waals surface area (Å²) < 4.78 is 24.1. The second kappa shape index (κ2) is 6.38. The lowest BCUT2D eigenvalue weighted by atomic mass is 9.96. The average molecular weight is 324 g/mol. The fourth-order valence-electron chi connectivity index (χ4n) is 2.92. The first-order valence-electron chi connectivity index (χ1n) is 7.48. The van der Waals surface area contributed by atoms with Gasteiger partial charge in [0.05, 0.1) is 18.8 Å². The molecule has 1 fully saturated rings. The molecule has 0 spiro atoms. The number of likely N-dealkylation sites (tertiary alicyclic amines) is 1. The molecule has 1 aromatic carbocycles. The van der Waals surface area contributed by atoms with E-state index in [2.05, 4.69) is 26.0 Å². The van der Waals surface area contributed by atoms with Gasteiger partial charge in [-0.2, -0.15) is 4.31 Å². The van der Waals surface area contributed by atoms with Crippen LogP contribution in [0.3, 0.4) is 0 Å². The van der Waals surface area contributed by atoms with E-state index in [4.69, 9.17) is 0 Å². The molecule has 1 aliphatic rings. The van der Waals surface area contributed by atoms with Crippen molar-refractivity contribution in [1.82, 2.24) is 9.21 Å². The normalized spacial score (nSPS) is 19.0. The zero-order valence-electron chi connectivity index (χ0n) is 13.7. The van der Waals surface area contributed by atoms with E-state index in [1.807, 2.05) is 11.0 Å². The van der Waals surface area contributed by atoms with Crippen LogP contribution in [0.4, 0.5) is 0 Å². The number of hydrogen-bond donors (Lipinski definition) is 0. The Bertz CT molecular complexity index is 670. The highest BCUT2D eigenvalue weighted by Crippen LogP contribution is 2.34. The van der Waals surface area contributed by atoms with E-state index in [0.29, 0.717) is 6.54 Å². The van der Waals surface area contributed by atoms with Gasteiger partial charge in [0.15, 0.2) is 0 Å². The molecule has 1 atom stereocenters. The first kappa shape index (κ1) is 17.0. The van der Waals surface area contributed by atoms with Crippen LogP contribution in [-0.2, 0) is 14.8 Å². The van der Waals surface area contributed by atoms with Gasteiger partial charge in [-0.05, 0) is 43.4 Å². The Labute approximate surface area is 133 Å². The molecule has 0 aliphatic carbocycles. The molecule has 1 unspecified atom stereocenters. The van der Waals surface area contributed by atoms with E-state index >= 15 is 0 Å². The third-order valence-electron chi connectivity index (χ3n) is 4.50. The Hall–Kier alpha value is -1.40. The highest BCUT2D eigenvalue weighted by Gasteiger charge is 2.32. The highest BCUT2D eigenvalue weighted by molar-refractivity contribution is 7.88. The van der Waals surface area contributed by atoms with Crippen LogP contribution >= 0.6 is 0 Å². The minimum Gasteiger partial charge on any atom is -0.335 e. The first-order valence-corrected chi connectivity index (χ1v) is 9.33. The number of aryl methyl sites for hydroxylation is 1. The van der Waals surface area contributed by atoms with Gasteiger partial charge >= 0.3 is 0 Å². The first-order chi connectivity index (χ1) is 10.2. The summed E-state index contributed by atoms with van der Waals surface area (Å²) >= 11 is 0. The Morgan fingerprint density at radius 2 is 2.05 bits per heavy atom. The lowest BCUT2D eigenvalue weighted by Crippen LogP contribution is -2.40. The molecule has 6 heteroatoms. The smallest absolute Gasteiger partial charge is 0.238 e. The molecule has 122 valence electrons. The van der Waals surface area contributed by atoms with Crippen LogP contribution in [0.1, 0.15) is 35.6 Å². The summed E-state index contributed by atoms with van der Waals surface area (Å²) in [7, 11) is -1.90.